The Morgan fingerprint density at radius 1 is 1.10 bits per heavy atom. The number of carboxylic acid groups (broad SMARTS) is 1. The summed E-state index contributed by atoms with van der Waals surface area (Å²) in [7, 11) is 0. The molecule has 0 unspecified atom stereocenters. The standard InChI is InChI=1S/C15H13NO3S/c1-10-7-8-13(12(9-10)14(17)18)16-15(19)20-11-5-3-2-4-6-11/h2-9H,1H3,(H,16,19)(H,17,18). The van der Waals surface area contributed by atoms with Gasteiger partial charge in [-0.3, -0.25) is 4.79 Å². The van der Waals surface area contributed by atoms with E-state index in [0.29, 0.717) is 5.69 Å². The summed E-state index contributed by atoms with van der Waals surface area (Å²) in [6, 6.07) is 14.1. The number of hydrogen-bond acceptors (Lipinski definition) is 3. The van der Waals surface area contributed by atoms with E-state index in [1.165, 1.54) is 6.07 Å². The molecular weight excluding hydrogens is 274 g/mol. The second-order valence-electron chi connectivity index (χ2n) is 4.18. The Kier molecular flexibility index (Phi) is 4.42. The van der Waals surface area contributed by atoms with Crippen molar-refractivity contribution < 1.29 is 14.7 Å². The molecule has 0 spiro atoms. The molecule has 0 radical (unpaired) electrons. The van der Waals surface area contributed by atoms with Crippen molar-refractivity contribution in [1.29, 1.82) is 0 Å². The van der Waals surface area contributed by atoms with Crippen LogP contribution in [0.2, 0.25) is 0 Å². The second kappa shape index (κ2) is 6.25. The van der Waals surface area contributed by atoms with E-state index in [-0.39, 0.29) is 10.8 Å². The zero-order chi connectivity index (χ0) is 14.5. The molecule has 5 heteroatoms. The van der Waals surface area contributed by atoms with E-state index >= 15 is 0 Å². The lowest BCUT2D eigenvalue weighted by Gasteiger charge is -2.08. The van der Waals surface area contributed by atoms with Gasteiger partial charge in [0.2, 0.25) is 0 Å². The Morgan fingerprint density at radius 3 is 2.45 bits per heavy atom. The van der Waals surface area contributed by atoms with Crippen LogP contribution in [0.5, 0.6) is 0 Å². The summed E-state index contributed by atoms with van der Waals surface area (Å²) in [5.41, 5.74) is 1.22. The first kappa shape index (κ1) is 14.1. The summed E-state index contributed by atoms with van der Waals surface area (Å²) >= 11 is 1.02. The quantitative estimate of drug-likeness (QED) is 0.837. The number of thioether (sulfide) groups is 1. The number of anilines is 1. The van der Waals surface area contributed by atoms with Crippen LogP contribution in [0, 0.1) is 6.92 Å². The van der Waals surface area contributed by atoms with Crippen LogP contribution in [-0.2, 0) is 0 Å². The average Bonchev–Trinajstić information content (AvgIpc) is 2.41. The zero-order valence-electron chi connectivity index (χ0n) is 10.8. The highest BCUT2D eigenvalue weighted by atomic mass is 32.2. The summed E-state index contributed by atoms with van der Waals surface area (Å²) in [6.45, 7) is 1.80. The molecule has 0 heterocycles. The second-order valence-corrected chi connectivity index (χ2v) is 5.23. The van der Waals surface area contributed by atoms with Gasteiger partial charge in [-0.15, -0.1) is 0 Å². The molecule has 0 atom stereocenters. The smallest absolute Gasteiger partial charge is 0.337 e. The summed E-state index contributed by atoms with van der Waals surface area (Å²) in [6.07, 6.45) is 0. The molecule has 2 rings (SSSR count). The highest BCUT2D eigenvalue weighted by molar-refractivity contribution is 8.13. The molecule has 0 aliphatic carbocycles. The van der Waals surface area contributed by atoms with Crippen LogP contribution in [0.25, 0.3) is 0 Å². The van der Waals surface area contributed by atoms with Gasteiger partial charge in [0.05, 0.1) is 11.3 Å². The van der Waals surface area contributed by atoms with Crippen LogP contribution in [0.15, 0.2) is 53.4 Å². The monoisotopic (exact) mass is 287 g/mol. The highest BCUT2D eigenvalue weighted by Gasteiger charge is 2.13. The van der Waals surface area contributed by atoms with Crippen molar-refractivity contribution >= 4 is 28.7 Å². The first-order valence-electron chi connectivity index (χ1n) is 5.94. The van der Waals surface area contributed by atoms with Crippen LogP contribution in [0.3, 0.4) is 0 Å². The predicted octanol–water partition coefficient (Wildman–Crippen LogP) is 4.02. The summed E-state index contributed by atoms with van der Waals surface area (Å²) in [4.78, 5) is 23.9. The van der Waals surface area contributed by atoms with Crippen molar-refractivity contribution in [3.8, 4) is 0 Å². The minimum absolute atomic E-state index is 0.0898. The zero-order valence-corrected chi connectivity index (χ0v) is 11.6. The molecular formula is C15H13NO3S. The van der Waals surface area contributed by atoms with Crippen molar-refractivity contribution in [3.63, 3.8) is 0 Å². The molecule has 20 heavy (non-hydrogen) atoms. The predicted molar refractivity (Wildman–Crippen MR) is 79.5 cm³/mol. The van der Waals surface area contributed by atoms with E-state index in [1.54, 1.807) is 19.1 Å². The largest absolute Gasteiger partial charge is 0.478 e. The molecule has 102 valence electrons. The highest BCUT2D eigenvalue weighted by Crippen LogP contribution is 2.23. The summed E-state index contributed by atoms with van der Waals surface area (Å²) in [5.74, 6) is -1.06. The number of carboxylic acids is 1. The van der Waals surface area contributed by atoms with Crippen LogP contribution in [0.4, 0.5) is 10.5 Å². The van der Waals surface area contributed by atoms with E-state index < -0.39 is 5.97 Å². The molecule has 0 bridgehead atoms. The average molecular weight is 287 g/mol. The molecule has 1 amide bonds. The number of carbonyl (C=O) groups excluding carboxylic acids is 1. The number of aromatic carboxylic acids is 1. The van der Waals surface area contributed by atoms with E-state index in [1.807, 2.05) is 30.3 Å². The lowest BCUT2D eigenvalue weighted by atomic mass is 10.1. The van der Waals surface area contributed by atoms with Crippen LogP contribution >= 0.6 is 11.8 Å². The van der Waals surface area contributed by atoms with Crippen molar-refractivity contribution in [1.82, 2.24) is 0 Å². The van der Waals surface area contributed by atoms with E-state index in [9.17, 15) is 9.59 Å². The van der Waals surface area contributed by atoms with Gasteiger partial charge >= 0.3 is 5.97 Å². The third kappa shape index (κ3) is 3.61. The molecule has 2 aromatic rings. The minimum atomic E-state index is -1.06. The van der Waals surface area contributed by atoms with Gasteiger partial charge in [0.25, 0.3) is 5.24 Å². The number of carbonyl (C=O) groups is 2. The maximum atomic E-state index is 11.9. The normalized spacial score (nSPS) is 10.1. The van der Waals surface area contributed by atoms with Crippen molar-refractivity contribution in [2.24, 2.45) is 0 Å². The molecule has 0 aromatic heterocycles. The van der Waals surface area contributed by atoms with Crippen molar-refractivity contribution in [2.75, 3.05) is 5.32 Å². The third-order valence-electron chi connectivity index (χ3n) is 2.60. The van der Waals surface area contributed by atoms with Gasteiger partial charge in [-0.25, -0.2) is 4.79 Å². The number of benzene rings is 2. The van der Waals surface area contributed by atoms with Gasteiger partial charge < -0.3 is 10.4 Å². The van der Waals surface area contributed by atoms with E-state index in [4.69, 9.17) is 5.11 Å². The molecule has 0 aliphatic heterocycles. The summed E-state index contributed by atoms with van der Waals surface area (Å²) < 4.78 is 0. The number of rotatable bonds is 3. The minimum Gasteiger partial charge on any atom is -0.478 e. The third-order valence-corrected chi connectivity index (χ3v) is 3.39. The lowest BCUT2D eigenvalue weighted by molar-refractivity contribution is 0.0698. The SMILES string of the molecule is Cc1ccc(NC(=O)Sc2ccccc2)c(C(=O)O)c1. The van der Waals surface area contributed by atoms with E-state index in [0.717, 1.165) is 22.2 Å². The Labute approximate surface area is 120 Å². The number of hydrogen-bond donors (Lipinski definition) is 2. The molecule has 0 saturated heterocycles. The van der Waals surface area contributed by atoms with Gasteiger partial charge in [0, 0.05) is 4.90 Å². The molecule has 2 aromatic carbocycles. The number of aryl methyl sites for hydroxylation is 1. The van der Waals surface area contributed by atoms with E-state index in [2.05, 4.69) is 5.32 Å². The Bertz CT molecular complexity index is 641. The fourth-order valence-corrected chi connectivity index (χ4v) is 2.34. The molecule has 0 aliphatic rings. The Balaban J connectivity index is 2.14. The van der Waals surface area contributed by atoms with Gasteiger partial charge in [0.1, 0.15) is 0 Å². The van der Waals surface area contributed by atoms with Gasteiger partial charge in [-0.1, -0.05) is 29.8 Å². The topological polar surface area (TPSA) is 66.4 Å². The Hall–Kier alpha value is -2.27. The van der Waals surface area contributed by atoms with Crippen molar-refractivity contribution in [3.05, 3.63) is 59.7 Å². The maximum absolute atomic E-state index is 11.9. The van der Waals surface area contributed by atoms with Crippen LogP contribution in [0.1, 0.15) is 15.9 Å². The molecule has 0 saturated carbocycles. The maximum Gasteiger partial charge on any atom is 0.337 e. The molecule has 0 fully saturated rings. The fraction of sp³-hybridized carbons (Fsp3) is 0.0667. The van der Waals surface area contributed by atoms with Gasteiger partial charge in [-0.2, -0.15) is 0 Å². The van der Waals surface area contributed by atoms with Gasteiger partial charge in [0.15, 0.2) is 0 Å². The summed E-state index contributed by atoms with van der Waals surface area (Å²) in [5, 5.41) is 11.4. The van der Waals surface area contributed by atoms with Gasteiger partial charge in [-0.05, 0) is 43.0 Å². The van der Waals surface area contributed by atoms with Crippen molar-refractivity contribution in [2.45, 2.75) is 11.8 Å². The first-order valence-corrected chi connectivity index (χ1v) is 6.76. The molecule has 4 nitrogen and oxygen atoms in total. The Morgan fingerprint density at radius 2 is 1.80 bits per heavy atom. The van der Waals surface area contributed by atoms with Crippen LogP contribution < -0.4 is 5.32 Å². The number of amides is 1. The number of nitrogens with one attached hydrogen (secondary N) is 1. The molecule has 2 N–H and O–H groups in total. The van der Waals surface area contributed by atoms with Crippen LogP contribution in [-0.4, -0.2) is 16.3 Å². The lowest BCUT2D eigenvalue weighted by Crippen LogP contribution is -2.10. The fourth-order valence-electron chi connectivity index (χ4n) is 1.68. The first-order chi connectivity index (χ1) is 9.56.